The molecule has 4 rings (SSSR count). The molecule has 1 aromatic heterocycles. The Morgan fingerprint density at radius 3 is 2.41 bits per heavy atom. The molecule has 2 aromatic rings. The SMILES string of the molecule is O=S(=O)(c1ccc2c(c1)CCCC2)N1CCN(CCCCCn2cccn2)CC1. The van der Waals surface area contributed by atoms with Crippen molar-refractivity contribution < 1.29 is 8.42 Å². The maximum absolute atomic E-state index is 13.1. The van der Waals surface area contributed by atoms with Crippen LogP contribution in [-0.2, 0) is 29.4 Å². The van der Waals surface area contributed by atoms with Crippen LogP contribution in [0.2, 0.25) is 0 Å². The Morgan fingerprint density at radius 2 is 1.66 bits per heavy atom. The molecule has 1 aliphatic carbocycles. The van der Waals surface area contributed by atoms with Gasteiger partial charge in [-0.05, 0) is 74.4 Å². The summed E-state index contributed by atoms with van der Waals surface area (Å²) < 4.78 is 29.8. The minimum Gasteiger partial charge on any atom is -0.301 e. The smallest absolute Gasteiger partial charge is 0.243 e. The summed E-state index contributed by atoms with van der Waals surface area (Å²) in [5.74, 6) is 0. The van der Waals surface area contributed by atoms with Gasteiger partial charge in [-0.1, -0.05) is 12.5 Å². The second-order valence-electron chi connectivity index (χ2n) is 8.21. The fourth-order valence-corrected chi connectivity index (χ4v) is 5.90. The Kier molecular flexibility index (Phi) is 6.67. The number of rotatable bonds is 8. The molecule has 158 valence electrons. The minimum atomic E-state index is -3.38. The van der Waals surface area contributed by atoms with Crippen LogP contribution >= 0.6 is 0 Å². The van der Waals surface area contributed by atoms with E-state index in [1.54, 1.807) is 4.31 Å². The Balaban J connectivity index is 1.23. The zero-order valence-corrected chi connectivity index (χ0v) is 18.0. The highest BCUT2D eigenvalue weighted by molar-refractivity contribution is 7.89. The van der Waals surface area contributed by atoms with Crippen molar-refractivity contribution in [3.63, 3.8) is 0 Å². The van der Waals surface area contributed by atoms with Crippen LogP contribution in [0.1, 0.15) is 43.2 Å². The number of aryl methyl sites for hydroxylation is 3. The molecular weight excluding hydrogens is 384 g/mol. The van der Waals surface area contributed by atoms with Gasteiger partial charge >= 0.3 is 0 Å². The molecule has 29 heavy (non-hydrogen) atoms. The molecule has 0 amide bonds. The monoisotopic (exact) mass is 416 g/mol. The molecule has 1 aliphatic heterocycles. The summed E-state index contributed by atoms with van der Waals surface area (Å²) in [6.45, 7) is 4.84. The number of benzene rings is 1. The van der Waals surface area contributed by atoms with E-state index in [1.165, 1.54) is 24.0 Å². The standard InChI is InChI=1S/C22H32N4O2S/c27-29(28,22-10-9-20-7-2-3-8-21(20)19-22)26-17-15-24(16-18-26)12-4-1-5-13-25-14-6-11-23-25/h6,9-11,14,19H,1-5,7-8,12-13,15-18H2. The third-order valence-corrected chi connectivity index (χ3v) is 8.10. The summed E-state index contributed by atoms with van der Waals surface area (Å²) in [4.78, 5) is 2.87. The van der Waals surface area contributed by atoms with Crippen molar-refractivity contribution in [2.24, 2.45) is 0 Å². The molecule has 2 heterocycles. The van der Waals surface area contributed by atoms with Gasteiger partial charge in [0.15, 0.2) is 0 Å². The molecule has 0 N–H and O–H groups in total. The lowest BCUT2D eigenvalue weighted by Crippen LogP contribution is -2.48. The molecule has 1 fully saturated rings. The molecular formula is C22H32N4O2S. The van der Waals surface area contributed by atoms with Crippen molar-refractivity contribution in [3.05, 3.63) is 47.8 Å². The van der Waals surface area contributed by atoms with E-state index >= 15 is 0 Å². The Hall–Kier alpha value is -1.70. The van der Waals surface area contributed by atoms with Gasteiger partial charge in [-0.25, -0.2) is 8.42 Å². The van der Waals surface area contributed by atoms with Gasteiger partial charge in [0.2, 0.25) is 10.0 Å². The maximum atomic E-state index is 13.1. The molecule has 0 bridgehead atoms. The summed E-state index contributed by atoms with van der Waals surface area (Å²) in [5.41, 5.74) is 2.55. The van der Waals surface area contributed by atoms with Crippen LogP contribution in [0.3, 0.4) is 0 Å². The summed E-state index contributed by atoms with van der Waals surface area (Å²) in [6, 6.07) is 7.72. The molecule has 0 spiro atoms. The van der Waals surface area contributed by atoms with E-state index in [4.69, 9.17) is 0 Å². The van der Waals surface area contributed by atoms with Crippen molar-refractivity contribution in [2.45, 2.75) is 56.4 Å². The van der Waals surface area contributed by atoms with Gasteiger partial charge in [0.1, 0.15) is 0 Å². The zero-order chi connectivity index (χ0) is 20.1. The first-order valence-electron chi connectivity index (χ1n) is 10.9. The van der Waals surface area contributed by atoms with Crippen LogP contribution in [0.5, 0.6) is 0 Å². The van der Waals surface area contributed by atoms with E-state index in [2.05, 4.69) is 10.00 Å². The van der Waals surface area contributed by atoms with Gasteiger partial charge in [0.25, 0.3) is 0 Å². The molecule has 0 saturated carbocycles. The lowest BCUT2D eigenvalue weighted by Gasteiger charge is -2.34. The van der Waals surface area contributed by atoms with Gasteiger partial charge in [-0.3, -0.25) is 4.68 Å². The number of hydrogen-bond acceptors (Lipinski definition) is 4. The Labute approximate surface area is 174 Å². The van der Waals surface area contributed by atoms with Gasteiger partial charge in [-0.15, -0.1) is 0 Å². The Morgan fingerprint density at radius 1 is 0.897 bits per heavy atom. The topological polar surface area (TPSA) is 58.4 Å². The average Bonchev–Trinajstić information content (AvgIpc) is 3.27. The number of hydrogen-bond donors (Lipinski definition) is 0. The summed E-state index contributed by atoms with van der Waals surface area (Å²) in [5, 5.41) is 4.23. The van der Waals surface area contributed by atoms with Crippen molar-refractivity contribution in [1.29, 1.82) is 0 Å². The second-order valence-corrected chi connectivity index (χ2v) is 10.2. The number of sulfonamides is 1. The number of fused-ring (bicyclic) bond motifs is 1. The highest BCUT2D eigenvalue weighted by atomic mass is 32.2. The van der Waals surface area contributed by atoms with Crippen LogP contribution in [0.4, 0.5) is 0 Å². The summed E-state index contributed by atoms with van der Waals surface area (Å²) >= 11 is 0. The first kappa shape index (κ1) is 20.6. The molecule has 0 atom stereocenters. The van der Waals surface area contributed by atoms with E-state index in [1.807, 2.05) is 41.3 Å². The largest absolute Gasteiger partial charge is 0.301 e. The number of piperazine rings is 1. The fraction of sp³-hybridized carbons (Fsp3) is 0.591. The molecule has 1 saturated heterocycles. The molecule has 6 nitrogen and oxygen atoms in total. The zero-order valence-electron chi connectivity index (χ0n) is 17.2. The van der Waals surface area contributed by atoms with Crippen LogP contribution in [-0.4, -0.2) is 60.1 Å². The van der Waals surface area contributed by atoms with Gasteiger partial charge in [-0.2, -0.15) is 9.40 Å². The quantitative estimate of drug-likeness (QED) is 0.621. The van der Waals surface area contributed by atoms with Crippen molar-refractivity contribution in [1.82, 2.24) is 19.0 Å². The highest BCUT2D eigenvalue weighted by Crippen LogP contribution is 2.26. The van der Waals surface area contributed by atoms with Crippen LogP contribution in [0, 0.1) is 0 Å². The van der Waals surface area contributed by atoms with Crippen molar-refractivity contribution >= 4 is 10.0 Å². The summed E-state index contributed by atoms with van der Waals surface area (Å²) in [6.07, 6.45) is 11.7. The first-order chi connectivity index (χ1) is 14.1. The van der Waals surface area contributed by atoms with Crippen LogP contribution in [0.25, 0.3) is 0 Å². The lowest BCUT2D eigenvalue weighted by atomic mass is 9.92. The van der Waals surface area contributed by atoms with E-state index in [0.29, 0.717) is 18.0 Å². The van der Waals surface area contributed by atoms with Gasteiger partial charge in [0, 0.05) is 45.1 Å². The number of nitrogens with zero attached hydrogens (tertiary/aromatic N) is 4. The van der Waals surface area contributed by atoms with E-state index < -0.39 is 10.0 Å². The summed E-state index contributed by atoms with van der Waals surface area (Å²) in [7, 11) is -3.38. The highest BCUT2D eigenvalue weighted by Gasteiger charge is 2.29. The number of aromatic nitrogens is 2. The molecule has 1 aromatic carbocycles. The lowest BCUT2D eigenvalue weighted by molar-refractivity contribution is 0.185. The molecule has 2 aliphatic rings. The molecule has 0 radical (unpaired) electrons. The minimum absolute atomic E-state index is 0.477. The van der Waals surface area contributed by atoms with E-state index in [0.717, 1.165) is 58.3 Å². The van der Waals surface area contributed by atoms with Gasteiger partial charge < -0.3 is 4.90 Å². The second kappa shape index (κ2) is 9.41. The van der Waals surface area contributed by atoms with Crippen LogP contribution < -0.4 is 0 Å². The maximum Gasteiger partial charge on any atom is 0.243 e. The normalized spacial score (nSPS) is 18.6. The fourth-order valence-electron chi connectivity index (χ4n) is 4.43. The first-order valence-corrected chi connectivity index (χ1v) is 12.4. The Bertz CT molecular complexity index is 888. The third kappa shape index (κ3) is 5.08. The van der Waals surface area contributed by atoms with E-state index in [-0.39, 0.29) is 0 Å². The van der Waals surface area contributed by atoms with Crippen molar-refractivity contribution in [2.75, 3.05) is 32.7 Å². The predicted octanol–water partition coefficient (Wildman–Crippen LogP) is 2.94. The molecule has 0 unspecified atom stereocenters. The van der Waals surface area contributed by atoms with Gasteiger partial charge in [0.05, 0.1) is 4.90 Å². The number of unbranched alkanes of at least 4 members (excludes halogenated alkanes) is 2. The van der Waals surface area contributed by atoms with Crippen LogP contribution in [0.15, 0.2) is 41.6 Å². The average molecular weight is 417 g/mol. The molecule has 7 heteroatoms. The van der Waals surface area contributed by atoms with Crippen molar-refractivity contribution in [3.8, 4) is 0 Å². The third-order valence-electron chi connectivity index (χ3n) is 6.21. The van der Waals surface area contributed by atoms with E-state index in [9.17, 15) is 8.42 Å². The predicted molar refractivity (Wildman–Crippen MR) is 114 cm³/mol.